The molecule has 4 heteroatoms. The van der Waals surface area contributed by atoms with Gasteiger partial charge in [-0.3, -0.25) is 0 Å². The van der Waals surface area contributed by atoms with Gasteiger partial charge in [0.1, 0.15) is 0 Å². The van der Waals surface area contributed by atoms with Crippen molar-refractivity contribution >= 4 is 11.3 Å². The quantitative estimate of drug-likeness (QED) is 0.754. The van der Waals surface area contributed by atoms with Crippen LogP contribution in [-0.2, 0) is 11.2 Å². The van der Waals surface area contributed by atoms with E-state index in [1.54, 1.807) is 11.3 Å². The Balaban J connectivity index is 1.73. The van der Waals surface area contributed by atoms with Crippen LogP contribution in [0.1, 0.15) is 56.2 Å². The summed E-state index contributed by atoms with van der Waals surface area (Å²) in [5.74, 6) is 0. The van der Waals surface area contributed by atoms with Gasteiger partial charge in [-0.15, -0.1) is 11.3 Å². The minimum Gasteiger partial charge on any atom is -0.378 e. The first-order valence-electron chi connectivity index (χ1n) is 8.04. The molecule has 0 bridgehead atoms. The maximum absolute atomic E-state index is 5.71. The number of hydrogen-bond acceptors (Lipinski definition) is 4. The zero-order valence-corrected chi connectivity index (χ0v) is 13.7. The van der Waals surface area contributed by atoms with Crippen LogP contribution in [0.2, 0.25) is 0 Å². The van der Waals surface area contributed by atoms with Crippen molar-refractivity contribution in [1.29, 1.82) is 0 Å². The monoisotopic (exact) mass is 296 g/mol. The Morgan fingerprint density at radius 3 is 3.10 bits per heavy atom. The van der Waals surface area contributed by atoms with Crippen molar-refractivity contribution in [3.05, 3.63) is 16.1 Å². The first-order valence-corrected chi connectivity index (χ1v) is 8.92. The second kappa shape index (κ2) is 8.75. The van der Waals surface area contributed by atoms with Crippen LogP contribution in [0.5, 0.6) is 0 Å². The SMILES string of the molecule is CCCNC(CCCC1CCCO1)Cc1csc(C)n1. The number of rotatable bonds is 9. The van der Waals surface area contributed by atoms with Crippen LogP contribution in [0.3, 0.4) is 0 Å². The van der Waals surface area contributed by atoms with Crippen molar-refractivity contribution in [3.63, 3.8) is 0 Å². The fourth-order valence-corrected chi connectivity index (χ4v) is 3.47. The van der Waals surface area contributed by atoms with Crippen LogP contribution in [0, 0.1) is 6.92 Å². The van der Waals surface area contributed by atoms with Gasteiger partial charge >= 0.3 is 0 Å². The lowest BCUT2D eigenvalue weighted by molar-refractivity contribution is 0.101. The van der Waals surface area contributed by atoms with Crippen molar-refractivity contribution in [2.24, 2.45) is 0 Å². The zero-order chi connectivity index (χ0) is 14.2. The molecule has 1 aromatic rings. The van der Waals surface area contributed by atoms with Crippen molar-refractivity contribution in [3.8, 4) is 0 Å². The fourth-order valence-electron chi connectivity index (χ4n) is 2.84. The number of nitrogens with one attached hydrogen (secondary N) is 1. The summed E-state index contributed by atoms with van der Waals surface area (Å²) in [7, 11) is 0. The molecule has 20 heavy (non-hydrogen) atoms. The summed E-state index contributed by atoms with van der Waals surface area (Å²) < 4.78 is 5.71. The molecule has 2 unspecified atom stereocenters. The normalized spacial score (nSPS) is 20.4. The highest BCUT2D eigenvalue weighted by Crippen LogP contribution is 2.19. The molecule has 1 aliphatic rings. The maximum Gasteiger partial charge on any atom is 0.0897 e. The molecule has 0 aromatic carbocycles. The largest absolute Gasteiger partial charge is 0.378 e. The highest BCUT2D eigenvalue weighted by Gasteiger charge is 2.16. The van der Waals surface area contributed by atoms with E-state index in [4.69, 9.17) is 4.74 Å². The van der Waals surface area contributed by atoms with Crippen LogP contribution in [0.4, 0.5) is 0 Å². The Morgan fingerprint density at radius 2 is 2.45 bits per heavy atom. The molecule has 0 saturated carbocycles. The van der Waals surface area contributed by atoms with E-state index in [1.807, 2.05) is 0 Å². The van der Waals surface area contributed by atoms with Gasteiger partial charge in [-0.1, -0.05) is 6.92 Å². The smallest absolute Gasteiger partial charge is 0.0897 e. The summed E-state index contributed by atoms with van der Waals surface area (Å²) in [6.45, 7) is 6.39. The van der Waals surface area contributed by atoms with E-state index >= 15 is 0 Å². The maximum atomic E-state index is 5.71. The number of ether oxygens (including phenoxy) is 1. The Morgan fingerprint density at radius 1 is 1.55 bits per heavy atom. The van der Waals surface area contributed by atoms with E-state index in [-0.39, 0.29) is 0 Å². The highest BCUT2D eigenvalue weighted by molar-refractivity contribution is 7.09. The predicted octanol–water partition coefficient (Wildman–Crippen LogP) is 3.71. The second-order valence-corrected chi connectivity index (χ2v) is 6.84. The van der Waals surface area contributed by atoms with Gasteiger partial charge in [0.15, 0.2) is 0 Å². The molecule has 114 valence electrons. The second-order valence-electron chi connectivity index (χ2n) is 5.78. The lowest BCUT2D eigenvalue weighted by Gasteiger charge is -2.18. The van der Waals surface area contributed by atoms with E-state index in [0.717, 1.165) is 19.6 Å². The predicted molar refractivity (Wildman–Crippen MR) is 85.5 cm³/mol. The fraction of sp³-hybridized carbons (Fsp3) is 0.812. The molecule has 0 spiro atoms. The van der Waals surface area contributed by atoms with Gasteiger partial charge in [-0.2, -0.15) is 0 Å². The molecular weight excluding hydrogens is 268 g/mol. The van der Waals surface area contributed by atoms with Gasteiger partial charge in [0.2, 0.25) is 0 Å². The summed E-state index contributed by atoms with van der Waals surface area (Å²) in [5, 5.41) is 7.06. The number of nitrogens with zero attached hydrogens (tertiary/aromatic N) is 1. The van der Waals surface area contributed by atoms with Crippen molar-refractivity contribution in [1.82, 2.24) is 10.3 Å². The molecule has 1 aromatic heterocycles. The van der Waals surface area contributed by atoms with E-state index in [0.29, 0.717) is 12.1 Å². The molecule has 2 atom stereocenters. The summed E-state index contributed by atoms with van der Waals surface area (Å²) in [4.78, 5) is 4.60. The molecule has 0 radical (unpaired) electrons. The standard InChI is InChI=1S/C16H28N2OS/c1-3-9-17-14(11-15-12-20-13(2)18-15)6-4-7-16-8-5-10-19-16/h12,14,16-17H,3-11H2,1-2H3. The van der Waals surface area contributed by atoms with E-state index < -0.39 is 0 Å². The molecular formula is C16H28N2OS. The molecule has 2 rings (SSSR count). The number of hydrogen-bond donors (Lipinski definition) is 1. The van der Waals surface area contributed by atoms with E-state index in [2.05, 4.69) is 29.5 Å². The van der Waals surface area contributed by atoms with Gasteiger partial charge in [-0.25, -0.2) is 4.98 Å². The number of aryl methyl sites for hydroxylation is 1. The minimum absolute atomic E-state index is 0.531. The number of aromatic nitrogens is 1. The van der Waals surface area contributed by atoms with Crippen molar-refractivity contribution in [2.45, 2.75) is 70.9 Å². The van der Waals surface area contributed by atoms with Crippen LogP contribution < -0.4 is 5.32 Å². The summed E-state index contributed by atoms with van der Waals surface area (Å²) in [5.41, 5.74) is 1.25. The molecule has 3 nitrogen and oxygen atoms in total. The Labute approximate surface area is 127 Å². The first kappa shape index (κ1) is 15.9. The summed E-state index contributed by atoms with van der Waals surface area (Å²) in [6.07, 6.45) is 9.02. The number of thiazole rings is 1. The van der Waals surface area contributed by atoms with E-state index in [1.165, 1.54) is 49.2 Å². The lowest BCUT2D eigenvalue weighted by atomic mass is 10.0. The van der Waals surface area contributed by atoms with Gasteiger partial charge in [0.05, 0.1) is 16.8 Å². The van der Waals surface area contributed by atoms with Gasteiger partial charge in [0, 0.05) is 24.4 Å². The molecule has 1 fully saturated rings. The van der Waals surface area contributed by atoms with Crippen LogP contribution >= 0.6 is 11.3 Å². The van der Waals surface area contributed by atoms with E-state index in [9.17, 15) is 0 Å². The zero-order valence-electron chi connectivity index (χ0n) is 12.9. The first-order chi connectivity index (χ1) is 9.78. The average molecular weight is 296 g/mol. The Hall–Kier alpha value is -0.450. The Bertz CT molecular complexity index is 374. The van der Waals surface area contributed by atoms with Crippen LogP contribution in [0.25, 0.3) is 0 Å². The third kappa shape index (κ3) is 5.51. The molecule has 1 saturated heterocycles. The Kier molecular flexibility index (Phi) is 6.97. The van der Waals surface area contributed by atoms with Gasteiger partial charge < -0.3 is 10.1 Å². The molecule has 1 aliphatic heterocycles. The third-order valence-corrected chi connectivity index (χ3v) is 4.73. The van der Waals surface area contributed by atoms with Crippen molar-refractivity contribution < 1.29 is 4.74 Å². The molecule has 0 aliphatic carbocycles. The molecule has 1 N–H and O–H groups in total. The van der Waals surface area contributed by atoms with Gasteiger partial charge in [-0.05, 0) is 52.0 Å². The molecule has 2 heterocycles. The van der Waals surface area contributed by atoms with Crippen LogP contribution in [0.15, 0.2) is 5.38 Å². The average Bonchev–Trinajstić information content (AvgIpc) is 3.08. The summed E-state index contributed by atoms with van der Waals surface area (Å²) in [6, 6.07) is 0.567. The van der Waals surface area contributed by atoms with Crippen molar-refractivity contribution in [2.75, 3.05) is 13.2 Å². The highest BCUT2D eigenvalue weighted by atomic mass is 32.1. The third-order valence-electron chi connectivity index (χ3n) is 3.91. The lowest BCUT2D eigenvalue weighted by Crippen LogP contribution is -2.32. The minimum atomic E-state index is 0.531. The van der Waals surface area contributed by atoms with Gasteiger partial charge in [0.25, 0.3) is 0 Å². The topological polar surface area (TPSA) is 34.1 Å². The summed E-state index contributed by atoms with van der Waals surface area (Å²) >= 11 is 1.76. The van der Waals surface area contributed by atoms with Crippen LogP contribution in [-0.4, -0.2) is 30.3 Å². The molecule has 0 amide bonds.